The second-order valence-corrected chi connectivity index (χ2v) is 6.02. The van der Waals surface area contributed by atoms with E-state index in [1.165, 1.54) is 31.2 Å². The van der Waals surface area contributed by atoms with Gasteiger partial charge in [0.2, 0.25) is 0 Å². The molecule has 1 aliphatic rings. The zero-order valence-corrected chi connectivity index (χ0v) is 12.8. The van der Waals surface area contributed by atoms with Gasteiger partial charge in [0.05, 0.1) is 0 Å². The van der Waals surface area contributed by atoms with Crippen LogP contribution in [0.3, 0.4) is 0 Å². The molecule has 1 fully saturated rings. The van der Waals surface area contributed by atoms with Crippen LogP contribution in [0.1, 0.15) is 49.7 Å². The number of rotatable bonds is 1. The minimum atomic E-state index is 0.845. The van der Waals surface area contributed by atoms with Gasteiger partial charge in [0, 0.05) is 0 Å². The predicted molar refractivity (Wildman–Crippen MR) is 88.0 cm³/mol. The van der Waals surface area contributed by atoms with Crippen molar-refractivity contribution in [1.29, 1.82) is 0 Å². The van der Waals surface area contributed by atoms with Crippen LogP contribution in [0.5, 0.6) is 0 Å². The first-order valence-corrected chi connectivity index (χ1v) is 7.82. The van der Waals surface area contributed by atoms with Crippen LogP contribution in [0.15, 0.2) is 60.7 Å². The van der Waals surface area contributed by atoms with Crippen molar-refractivity contribution in [1.82, 2.24) is 0 Å². The van der Waals surface area contributed by atoms with Crippen LogP contribution < -0.4 is 0 Å². The molecule has 0 bridgehead atoms. The number of benzene rings is 2. The SMILES string of the molecule is CC1CCC(c2ccccc2)CC1.Cc1ccccc1. The lowest BCUT2D eigenvalue weighted by atomic mass is 9.79. The first kappa shape index (κ1) is 14.8. The number of hydrogen-bond donors (Lipinski definition) is 0. The van der Waals surface area contributed by atoms with Crippen molar-refractivity contribution >= 4 is 0 Å². The normalized spacial score (nSPS) is 21.7. The summed E-state index contributed by atoms with van der Waals surface area (Å²) in [5, 5.41) is 0. The van der Waals surface area contributed by atoms with Crippen LogP contribution in [-0.2, 0) is 0 Å². The van der Waals surface area contributed by atoms with Crippen LogP contribution in [-0.4, -0.2) is 0 Å². The van der Waals surface area contributed by atoms with E-state index in [1.54, 1.807) is 5.56 Å². The highest BCUT2D eigenvalue weighted by molar-refractivity contribution is 5.19. The molecule has 0 heterocycles. The maximum absolute atomic E-state index is 2.38. The van der Waals surface area contributed by atoms with Gasteiger partial charge in [0.25, 0.3) is 0 Å². The topological polar surface area (TPSA) is 0 Å². The molecule has 0 spiro atoms. The van der Waals surface area contributed by atoms with Gasteiger partial charge in [-0.25, -0.2) is 0 Å². The molecule has 0 radical (unpaired) electrons. The highest BCUT2D eigenvalue weighted by Crippen LogP contribution is 2.35. The molecular weight excluding hydrogens is 240 g/mol. The van der Waals surface area contributed by atoms with Gasteiger partial charge in [0.1, 0.15) is 0 Å². The Hall–Kier alpha value is -1.56. The summed E-state index contributed by atoms with van der Waals surface area (Å²) in [6.07, 6.45) is 5.62. The summed E-state index contributed by atoms with van der Waals surface area (Å²) in [4.78, 5) is 0. The molecule has 20 heavy (non-hydrogen) atoms. The Morgan fingerprint density at radius 2 is 1.20 bits per heavy atom. The molecule has 0 aliphatic heterocycles. The molecular formula is C20H26. The summed E-state index contributed by atoms with van der Waals surface area (Å²) in [5.74, 6) is 1.80. The third-order valence-electron chi connectivity index (χ3n) is 4.23. The van der Waals surface area contributed by atoms with E-state index in [0.717, 1.165) is 11.8 Å². The molecule has 0 N–H and O–H groups in total. The highest BCUT2D eigenvalue weighted by Gasteiger charge is 2.18. The van der Waals surface area contributed by atoms with Gasteiger partial charge in [-0.15, -0.1) is 0 Å². The van der Waals surface area contributed by atoms with Gasteiger partial charge < -0.3 is 0 Å². The fourth-order valence-electron chi connectivity index (χ4n) is 2.85. The smallest absolute Gasteiger partial charge is 0.0162 e. The van der Waals surface area contributed by atoms with Crippen molar-refractivity contribution in [3.05, 3.63) is 71.8 Å². The summed E-state index contributed by atoms with van der Waals surface area (Å²) in [6, 6.07) is 21.2. The molecule has 0 atom stereocenters. The second-order valence-electron chi connectivity index (χ2n) is 6.02. The predicted octanol–water partition coefficient (Wildman–Crippen LogP) is 5.98. The monoisotopic (exact) mass is 266 g/mol. The fraction of sp³-hybridized carbons (Fsp3) is 0.400. The minimum absolute atomic E-state index is 0.845. The maximum Gasteiger partial charge on any atom is -0.0162 e. The lowest BCUT2D eigenvalue weighted by Crippen LogP contribution is -2.10. The average molecular weight is 266 g/mol. The molecule has 3 rings (SSSR count). The zero-order chi connectivity index (χ0) is 14.2. The van der Waals surface area contributed by atoms with E-state index < -0.39 is 0 Å². The van der Waals surface area contributed by atoms with Crippen LogP contribution >= 0.6 is 0 Å². The van der Waals surface area contributed by atoms with Gasteiger partial charge in [-0.2, -0.15) is 0 Å². The maximum atomic E-state index is 2.38. The third-order valence-corrected chi connectivity index (χ3v) is 4.23. The Morgan fingerprint density at radius 3 is 1.65 bits per heavy atom. The Kier molecular flexibility index (Phi) is 5.86. The summed E-state index contributed by atoms with van der Waals surface area (Å²) in [7, 11) is 0. The van der Waals surface area contributed by atoms with Crippen LogP contribution in [0.25, 0.3) is 0 Å². The molecule has 1 aliphatic carbocycles. The minimum Gasteiger partial charge on any atom is -0.0625 e. The van der Waals surface area contributed by atoms with E-state index in [0.29, 0.717) is 0 Å². The first-order valence-electron chi connectivity index (χ1n) is 7.82. The van der Waals surface area contributed by atoms with Gasteiger partial charge in [-0.3, -0.25) is 0 Å². The number of aryl methyl sites for hydroxylation is 1. The van der Waals surface area contributed by atoms with Crippen molar-refractivity contribution in [2.45, 2.75) is 45.4 Å². The standard InChI is InChI=1S/C13H18.C7H8/c1-11-7-9-13(10-8-11)12-5-3-2-4-6-12;1-7-5-3-2-4-6-7/h2-6,11,13H,7-10H2,1H3;2-6H,1H3. The summed E-state index contributed by atoms with van der Waals surface area (Å²) in [5.41, 5.74) is 2.87. The molecule has 0 nitrogen and oxygen atoms in total. The largest absolute Gasteiger partial charge is 0.0625 e. The van der Waals surface area contributed by atoms with E-state index in [2.05, 4.69) is 56.3 Å². The Morgan fingerprint density at radius 1 is 0.700 bits per heavy atom. The van der Waals surface area contributed by atoms with Gasteiger partial charge in [0.15, 0.2) is 0 Å². The van der Waals surface area contributed by atoms with Gasteiger partial charge >= 0.3 is 0 Å². The quantitative estimate of drug-likeness (QED) is 0.596. The van der Waals surface area contributed by atoms with E-state index >= 15 is 0 Å². The average Bonchev–Trinajstić information content (AvgIpc) is 2.50. The van der Waals surface area contributed by atoms with Crippen LogP contribution in [0, 0.1) is 12.8 Å². The Labute approximate surface area is 123 Å². The molecule has 0 amide bonds. The van der Waals surface area contributed by atoms with Crippen molar-refractivity contribution < 1.29 is 0 Å². The fourth-order valence-corrected chi connectivity index (χ4v) is 2.85. The van der Waals surface area contributed by atoms with Crippen molar-refractivity contribution in [3.8, 4) is 0 Å². The van der Waals surface area contributed by atoms with Crippen LogP contribution in [0.2, 0.25) is 0 Å². The van der Waals surface area contributed by atoms with Gasteiger partial charge in [-0.05, 0) is 37.2 Å². The molecule has 2 aromatic rings. The highest BCUT2D eigenvalue weighted by atomic mass is 14.2. The van der Waals surface area contributed by atoms with E-state index in [1.807, 2.05) is 18.2 Å². The molecule has 0 aromatic heterocycles. The van der Waals surface area contributed by atoms with Crippen molar-refractivity contribution in [3.63, 3.8) is 0 Å². The molecule has 0 heteroatoms. The van der Waals surface area contributed by atoms with E-state index in [4.69, 9.17) is 0 Å². The third kappa shape index (κ3) is 4.85. The summed E-state index contributed by atoms with van der Waals surface area (Å²) >= 11 is 0. The molecule has 0 saturated heterocycles. The van der Waals surface area contributed by atoms with Crippen molar-refractivity contribution in [2.24, 2.45) is 5.92 Å². The first-order chi connectivity index (χ1) is 9.75. The molecule has 106 valence electrons. The number of hydrogen-bond acceptors (Lipinski definition) is 0. The van der Waals surface area contributed by atoms with E-state index in [9.17, 15) is 0 Å². The molecule has 2 aromatic carbocycles. The second kappa shape index (κ2) is 7.89. The summed E-state index contributed by atoms with van der Waals surface area (Å²) in [6.45, 7) is 4.46. The lowest BCUT2D eigenvalue weighted by Gasteiger charge is -2.26. The van der Waals surface area contributed by atoms with E-state index in [-0.39, 0.29) is 0 Å². The molecule has 0 unspecified atom stereocenters. The van der Waals surface area contributed by atoms with Crippen molar-refractivity contribution in [2.75, 3.05) is 0 Å². The van der Waals surface area contributed by atoms with Gasteiger partial charge in [-0.1, -0.05) is 86.0 Å². The molecule has 1 saturated carbocycles. The Bertz CT molecular complexity index is 464. The van der Waals surface area contributed by atoms with Crippen LogP contribution in [0.4, 0.5) is 0 Å². The summed E-state index contributed by atoms with van der Waals surface area (Å²) < 4.78 is 0. The Balaban J connectivity index is 0.000000178. The lowest BCUT2D eigenvalue weighted by molar-refractivity contribution is 0.348. The zero-order valence-electron chi connectivity index (χ0n) is 12.8.